The fourth-order valence-electron chi connectivity index (χ4n) is 1.72. The average molecular weight is 337 g/mol. The predicted molar refractivity (Wildman–Crippen MR) is 81.6 cm³/mol. The van der Waals surface area contributed by atoms with Crippen LogP contribution in [0.2, 0.25) is 0 Å². The number of rotatable bonds is 5. The molecule has 0 atom stereocenters. The quantitative estimate of drug-likeness (QED) is 0.828. The van der Waals surface area contributed by atoms with Gasteiger partial charge in [-0.25, -0.2) is 5.06 Å². The Balaban J connectivity index is 2.25. The van der Waals surface area contributed by atoms with Gasteiger partial charge in [0.1, 0.15) is 0 Å². The van der Waals surface area contributed by atoms with Crippen LogP contribution in [-0.2, 0) is 10.0 Å². The van der Waals surface area contributed by atoms with Gasteiger partial charge in [0.25, 0.3) is 10.0 Å². The van der Waals surface area contributed by atoms with E-state index >= 15 is 0 Å². The summed E-state index contributed by atoms with van der Waals surface area (Å²) in [6, 6.07) is 4.09. The molecule has 1 aromatic carbocycles. The van der Waals surface area contributed by atoms with Gasteiger partial charge < -0.3 is 9.47 Å². The monoisotopic (exact) mass is 337 g/mol. The summed E-state index contributed by atoms with van der Waals surface area (Å²) in [5.41, 5.74) is 0.277. The first-order chi connectivity index (χ1) is 11.0. The summed E-state index contributed by atoms with van der Waals surface area (Å²) in [5, 5.41) is 13.8. The molecule has 122 valence electrons. The second-order valence-electron chi connectivity index (χ2n) is 4.29. The summed E-state index contributed by atoms with van der Waals surface area (Å²) < 4.78 is 37.7. The van der Waals surface area contributed by atoms with Gasteiger partial charge in [-0.1, -0.05) is 10.6 Å². The predicted octanol–water partition coefficient (Wildman–Crippen LogP) is 2.46. The second-order valence-corrected chi connectivity index (χ2v) is 5.87. The summed E-state index contributed by atoms with van der Waals surface area (Å²) >= 11 is 0. The maximum Gasteiger partial charge on any atom is 0.299 e. The Kier molecular flexibility index (Phi) is 5.14. The van der Waals surface area contributed by atoms with Crippen molar-refractivity contribution in [3.8, 4) is 11.5 Å². The summed E-state index contributed by atoms with van der Waals surface area (Å²) in [4.78, 5) is -0.0859. The van der Waals surface area contributed by atoms with Crippen LogP contribution in [0, 0.1) is 0 Å². The number of hydrogen-bond acceptors (Lipinski definition) is 7. The maximum absolute atomic E-state index is 12.1. The molecule has 0 radical (unpaired) electrons. The molecule has 23 heavy (non-hydrogen) atoms. The Morgan fingerprint density at radius 2 is 1.91 bits per heavy atom. The van der Waals surface area contributed by atoms with E-state index in [2.05, 4.69) is 9.63 Å². The molecule has 0 bridgehead atoms. The van der Waals surface area contributed by atoms with E-state index in [9.17, 15) is 13.6 Å². The van der Waals surface area contributed by atoms with Gasteiger partial charge in [-0.05, 0) is 24.3 Å². The van der Waals surface area contributed by atoms with E-state index in [1.54, 1.807) is 18.2 Å². The van der Waals surface area contributed by atoms with E-state index in [0.717, 1.165) is 11.3 Å². The lowest BCUT2D eigenvalue weighted by molar-refractivity contribution is -0.000512. The smallest absolute Gasteiger partial charge is 0.299 e. The van der Waals surface area contributed by atoms with Gasteiger partial charge in [-0.2, -0.15) is 8.42 Å². The number of benzene rings is 1. The van der Waals surface area contributed by atoms with Crippen LogP contribution in [0.5, 0.6) is 11.5 Å². The number of methoxy groups -OCH3 is 2. The molecule has 0 saturated heterocycles. The third-order valence-electron chi connectivity index (χ3n) is 2.87. The highest BCUT2D eigenvalue weighted by Gasteiger charge is 2.16. The van der Waals surface area contributed by atoms with Crippen molar-refractivity contribution in [2.24, 2.45) is 9.63 Å². The van der Waals surface area contributed by atoms with Crippen LogP contribution in [0.25, 0.3) is 0 Å². The normalized spacial score (nSPS) is 16.3. The molecule has 0 aromatic heterocycles. The van der Waals surface area contributed by atoms with Crippen molar-refractivity contribution < 1.29 is 23.1 Å². The van der Waals surface area contributed by atoms with Crippen LogP contribution in [0.3, 0.4) is 0 Å². The van der Waals surface area contributed by atoms with Gasteiger partial charge in [-0.3, -0.25) is 5.21 Å². The molecule has 0 saturated carbocycles. The highest BCUT2D eigenvalue weighted by atomic mass is 32.2. The molecule has 0 amide bonds. The van der Waals surface area contributed by atoms with E-state index in [4.69, 9.17) is 9.47 Å². The zero-order valence-electron chi connectivity index (χ0n) is 12.4. The van der Waals surface area contributed by atoms with Gasteiger partial charge >= 0.3 is 0 Å². The molecular formula is C14H15N3O5S. The SMILES string of the molecule is COc1ccc(S(=O)(=O)N=N/C=C2\C=CC=CN2O)cc1OC. The van der Waals surface area contributed by atoms with Crippen LogP contribution < -0.4 is 9.47 Å². The minimum absolute atomic E-state index is 0.0859. The summed E-state index contributed by atoms with van der Waals surface area (Å²) in [6.45, 7) is 0. The Morgan fingerprint density at radius 3 is 2.57 bits per heavy atom. The zero-order chi connectivity index (χ0) is 16.9. The van der Waals surface area contributed by atoms with Crippen LogP contribution >= 0.6 is 0 Å². The van der Waals surface area contributed by atoms with Crippen LogP contribution in [0.4, 0.5) is 0 Å². The molecule has 1 aromatic rings. The van der Waals surface area contributed by atoms with Crippen molar-refractivity contribution in [2.45, 2.75) is 4.90 Å². The molecule has 9 heteroatoms. The summed E-state index contributed by atoms with van der Waals surface area (Å²) in [7, 11) is -1.15. The van der Waals surface area contributed by atoms with E-state index in [1.807, 2.05) is 0 Å². The first-order valence-electron chi connectivity index (χ1n) is 6.40. The Labute approximate surface area is 133 Å². The number of nitrogens with zero attached hydrogens (tertiary/aromatic N) is 3. The number of hydroxylamine groups is 2. The fourth-order valence-corrected chi connectivity index (χ4v) is 2.48. The highest BCUT2D eigenvalue weighted by Crippen LogP contribution is 2.30. The van der Waals surface area contributed by atoms with Crippen molar-refractivity contribution in [3.63, 3.8) is 0 Å². The largest absolute Gasteiger partial charge is 0.493 e. The van der Waals surface area contributed by atoms with Gasteiger partial charge in [0, 0.05) is 12.3 Å². The van der Waals surface area contributed by atoms with Crippen LogP contribution in [0.1, 0.15) is 0 Å². The average Bonchev–Trinajstić information content (AvgIpc) is 2.55. The minimum Gasteiger partial charge on any atom is -0.493 e. The summed E-state index contributed by atoms with van der Waals surface area (Å²) in [5.74, 6) is 0.671. The van der Waals surface area contributed by atoms with Gasteiger partial charge in [0.2, 0.25) is 0 Å². The van der Waals surface area contributed by atoms with Gasteiger partial charge in [-0.15, -0.1) is 5.11 Å². The number of allylic oxidation sites excluding steroid dienone is 3. The van der Waals surface area contributed by atoms with Gasteiger partial charge in [0.05, 0.1) is 31.0 Å². The first kappa shape index (κ1) is 16.7. The molecule has 0 fully saturated rings. The third-order valence-corrected chi connectivity index (χ3v) is 4.03. The molecule has 1 N–H and O–H groups in total. The molecule has 1 heterocycles. The standard InChI is InChI=1S/C14H15N3O5S/c1-21-13-7-6-12(9-14(13)22-2)23(19,20)16-15-10-11-5-3-4-8-17(11)18/h3-10,18H,1-2H3/b11-10+,16-15?. The minimum atomic E-state index is -4.00. The molecule has 1 aliphatic rings. The molecule has 0 aliphatic carbocycles. The van der Waals surface area contributed by atoms with Crippen molar-refractivity contribution in [1.82, 2.24) is 5.06 Å². The lowest BCUT2D eigenvalue weighted by Crippen LogP contribution is -2.10. The van der Waals surface area contributed by atoms with Crippen molar-refractivity contribution in [2.75, 3.05) is 14.2 Å². The Hall–Kier alpha value is -2.65. The topological polar surface area (TPSA) is 101 Å². The number of sulfonamides is 1. The lowest BCUT2D eigenvalue weighted by Gasteiger charge is -2.13. The molecule has 0 spiro atoms. The number of hydrogen-bond donors (Lipinski definition) is 1. The first-order valence-corrected chi connectivity index (χ1v) is 7.84. The van der Waals surface area contributed by atoms with E-state index in [0.29, 0.717) is 5.75 Å². The highest BCUT2D eigenvalue weighted by molar-refractivity contribution is 7.90. The molecular weight excluding hydrogens is 322 g/mol. The lowest BCUT2D eigenvalue weighted by atomic mass is 10.3. The van der Waals surface area contributed by atoms with Crippen LogP contribution in [0.15, 0.2) is 69.1 Å². The van der Waals surface area contributed by atoms with Crippen molar-refractivity contribution >= 4 is 10.0 Å². The third kappa shape index (κ3) is 3.96. The van der Waals surface area contributed by atoms with Crippen molar-refractivity contribution in [3.05, 3.63) is 54.5 Å². The molecule has 0 unspecified atom stereocenters. The molecule has 1 aliphatic heterocycles. The van der Waals surface area contributed by atoms with Gasteiger partial charge in [0.15, 0.2) is 11.5 Å². The Morgan fingerprint density at radius 1 is 1.17 bits per heavy atom. The maximum atomic E-state index is 12.1. The Bertz CT molecular complexity index is 797. The second kappa shape index (κ2) is 7.07. The molecule has 8 nitrogen and oxygen atoms in total. The zero-order valence-corrected chi connectivity index (χ0v) is 13.3. The fraction of sp³-hybridized carbons (Fsp3) is 0.143. The molecule has 2 rings (SSSR count). The number of ether oxygens (including phenoxy) is 2. The van der Waals surface area contributed by atoms with E-state index < -0.39 is 10.0 Å². The van der Waals surface area contributed by atoms with E-state index in [-0.39, 0.29) is 16.3 Å². The summed E-state index contributed by atoms with van der Waals surface area (Å²) in [6.07, 6.45) is 7.32. The van der Waals surface area contributed by atoms with Crippen molar-refractivity contribution in [1.29, 1.82) is 0 Å². The van der Waals surface area contributed by atoms with E-state index in [1.165, 1.54) is 38.6 Å². The van der Waals surface area contributed by atoms with Crippen LogP contribution in [-0.4, -0.2) is 32.9 Å².